The molecule has 0 heterocycles. The van der Waals surface area contributed by atoms with Crippen LogP contribution >= 0.6 is 0 Å². The van der Waals surface area contributed by atoms with Gasteiger partial charge in [-0.05, 0) is 67.3 Å². The highest BCUT2D eigenvalue weighted by Crippen LogP contribution is 2.32. The molecule has 0 bridgehead atoms. The molecule has 0 aromatic heterocycles. The number of hydrogen-bond acceptors (Lipinski definition) is 2. The van der Waals surface area contributed by atoms with Crippen molar-refractivity contribution in [1.82, 2.24) is 5.32 Å². The summed E-state index contributed by atoms with van der Waals surface area (Å²) in [6.07, 6.45) is 3.52. The molecular formula is C18H20FNO. The lowest BCUT2D eigenvalue weighted by molar-refractivity contribution is 0.304. The minimum atomic E-state index is -0.225. The van der Waals surface area contributed by atoms with Crippen molar-refractivity contribution in [3.8, 4) is 5.75 Å². The van der Waals surface area contributed by atoms with Crippen LogP contribution in [-0.2, 0) is 13.0 Å². The monoisotopic (exact) mass is 285 g/mol. The molecule has 1 unspecified atom stereocenters. The van der Waals surface area contributed by atoms with Gasteiger partial charge in [-0.25, -0.2) is 4.39 Å². The number of halogens is 1. The third kappa shape index (κ3) is 3.24. The van der Waals surface area contributed by atoms with Crippen molar-refractivity contribution in [2.75, 3.05) is 7.05 Å². The molecule has 2 aromatic carbocycles. The lowest BCUT2D eigenvalue weighted by atomic mass is 9.87. The van der Waals surface area contributed by atoms with Crippen molar-refractivity contribution in [3.05, 3.63) is 65.0 Å². The van der Waals surface area contributed by atoms with E-state index in [-0.39, 0.29) is 5.82 Å². The van der Waals surface area contributed by atoms with Gasteiger partial charge in [0.25, 0.3) is 0 Å². The largest absolute Gasteiger partial charge is 0.489 e. The number of aryl methyl sites for hydroxylation is 1. The molecule has 1 N–H and O–H groups in total. The Hall–Kier alpha value is -1.87. The Balaban J connectivity index is 1.74. The van der Waals surface area contributed by atoms with Gasteiger partial charge in [-0.3, -0.25) is 0 Å². The molecule has 1 atom stereocenters. The van der Waals surface area contributed by atoms with E-state index in [1.807, 2.05) is 19.2 Å². The second-order valence-electron chi connectivity index (χ2n) is 5.51. The van der Waals surface area contributed by atoms with Gasteiger partial charge in [-0.15, -0.1) is 0 Å². The number of benzene rings is 2. The standard InChI is InChI=1S/C18H20FNO/c1-20-18-7-3-5-14-8-9-16(11-17(14)18)21-12-13-4-2-6-15(19)10-13/h2,4,6,8-11,18,20H,3,5,7,12H2,1H3. The van der Waals surface area contributed by atoms with Crippen LogP contribution in [0, 0.1) is 5.82 Å². The molecule has 2 nitrogen and oxygen atoms in total. The van der Waals surface area contributed by atoms with Gasteiger partial charge >= 0.3 is 0 Å². The summed E-state index contributed by atoms with van der Waals surface area (Å²) in [7, 11) is 2.00. The van der Waals surface area contributed by atoms with Gasteiger partial charge in [0.15, 0.2) is 0 Å². The normalized spacial score (nSPS) is 17.3. The summed E-state index contributed by atoms with van der Waals surface area (Å²) in [5.74, 6) is 0.622. The zero-order valence-electron chi connectivity index (χ0n) is 12.2. The fourth-order valence-corrected chi connectivity index (χ4v) is 2.96. The van der Waals surface area contributed by atoms with E-state index in [2.05, 4.69) is 17.4 Å². The van der Waals surface area contributed by atoms with Gasteiger partial charge < -0.3 is 10.1 Å². The molecule has 21 heavy (non-hydrogen) atoms. The van der Waals surface area contributed by atoms with Crippen LogP contribution < -0.4 is 10.1 Å². The fourth-order valence-electron chi connectivity index (χ4n) is 2.96. The van der Waals surface area contributed by atoms with Gasteiger partial charge in [0.1, 0.15) is 18.2 Å². The van der Waals surface area contributed by atoms with Gasteiger partial charge in [-0.1, -0.05) is 18.2 Å². The zero-order valence-corrected chi connectivity index (χ0v) is 12.2. The summed E-state index contributed by atoms with van der Waals surface area (Å²) in [5, 5.41) is 3.36. The van der Waals surface area contributed by atoms with Crippen molar-refractivity contribution in [3.63, 3.8) is 0 Å². The summed E-state index contributed by atoms with van der Waals surface area (Å²) in [6, 6.07) is 13.2. The predicted octanol–water partition coefficient (Wildman–Crippen LogP) is 4.00. The lowest BCUT2D eigenvalue weighted by Crippen LogP contribution is -2.21. The first kappa shape index (κ1) is 14.1. The van der Waals surface area contributed by atoms with Crippen molar-refractivity contribution in [2.24, 2.45) is 0 Å². The van der Waals surface area contributed by atoms with Crippen molar-refractivity contribution in [2.45, 2.75) is 31.9 Å². The second-order valence-corrected chi connectivity index (χ2v) is 5.51. The molecule has 0 saturated heterocycles. The second kappa shape index (κ2) is 6.27. The van der Waals surface area contributed by atoms with Crippen molar-refractivity contribution >= 4 is 0 Å². The molecule has 1 aliphatic rings. The molecule has 0 radical (unpaired) electrons. The van der Waals surface area contributed by atoms with Crippen LogP contribution in [0.25, 0.3) is 0 Å². The summed E-state index contributed by atoms with van der Waals surface area (Å²) in [4.78, 5) is 0. The van der Waals surface area contributed by atoms with Gasteiger partial charge in [0, 0.05) is 6.04 Å². The first-order chi connectivity index (χ1) is 10.3. The highest BCUT2D eigenvalue weighted by molar-refractivity contribution is 5.39. The summed E-state index contributed by atoms with van der Waals surface area (Å²) in [6.45, 7) is 0.390. The summed E-state index contributed by atoms with van der Waals surface area (Å²) in [5.41, 5.74) is 3.58. The first-order valence-electron chi connectivity index (χ1n) is 7.43. The maximum atomic E-state index is 13.2. The summed E-state index contributed by atoms with van der Waals surface area (Å²) >= 11 is 0. The number of hydrogen-bond donors (Lipinski definition) is 1. The van der Waals surface area contributed by atoms with E-state index in [1.54, 1.807) is 6.07 Å². The Labute approximate surface area is 125 Å². The number of ether oxygens (including phenoxy) is 1. The third-order valence-electron chi connectivity index (χ3n) is 4.07. The van der Waals surface area contributed by atoms with E-state index in [4.69, 9.17) is 4.74 Å². The Morgan fingerprint density at radius 1 is 1.24 bits per heavy atom. The maximum Gasteiger partial charge on any atom is 0.123 e. The SMILES string of the molecule is CNC1CCCc2ccc(OCc3cccc(F)c3)cc21. The molecular weight excluding hydrogens is 265 g/mol. The summed E-state index contributed by atoms with van der Waals surface area (Å²) < 4.78 is 19.0. The van der Waals surface area contributed by atoms with Crippen LogP contribution in [0.4, 0.5) is 4.39 Å². The van der Waals surface area contributed by atoms with Crippen LogP contribution in [0.3, 0.4) is 0 Å². The van der Waals surface area contributed by atoms with Gasteiger partial charge in [-0.2, -0.15) is 0 Å². The topological polar surface area (TPSA) is 21.3 Å². The molecule has 0 spiro atoms. The molecule has 0 aliphatic heterocycles. The quantitative estimate of drug-likeness (QED) is 0.916. The highest BCUT2D eigenvalue weighted by Gasteiger charge is 2.19. The van der Waals surface area contributed by atoms with E-state index in [0.29, 0.717) is 12.6 Å². The van der Waals surface area contributed by atoms with E-state index in [1.165, 1.54) is 29.7 Å². The molecule has 1 aliphatic carbocycles. The molecule has 0 saturated carbocycles. The Morgan fingerprint density at radius 2 is 2.14 bits per heavy atom. The van der Waals surface area contributed by atoms with Crippen molar-refractivity contribution < 1.29 is 9.13 Å². The van der Waals surface area contributed by atoms with Crippen LogP contribution in [0.5, 0.6) is 5.75 Å². The Morgan fingerprint density at radius 3 is 2.95 bits per heavy atom. The Kier molecular flexibility index (Phi) is 4.20. The molecule has 0 amide bonds. The average molecular weight is 285 g/mol. The van der Waals surface area contributed by atoms with Crippen LogP contribution in [0.2, 0.25) is 0 Å². The van der Waals surface area contributed by atoms with Crippen LogP contribution in [0.15, 0.2) is 42.5 Å². The molecule has 2 aromatic rings. The van der Waals surface area contributed by atoms with E-state index < -0.39 is 0 Å². The van der Waals surface area contributed by atoms with E-state index in [9.17, 15) is 4.39 Å². The smallest absolute Gasteiger partial charge is 0.123 e. The number of nitrogens with one attached hydrogen (secondary N) is 1. The molecule has 0 fully saturated rings. The van der Waals surface area contributed by atoms with Crippen LogP contribution in [-0.4, -0.2) is 7.05 Å². The minimum absolute atomic E-state index is 0.225. The maximum absolute atomic E-state index is 13.2. The average Bonchev–Trinajstić information content (AvgIpc) is 2.52. The van der Waals surface area contributed by atoms with Crippen LogP contribution in [0.1, 0.15) is 35.6 Å². The Bertz CT molecular complexity index is 626. The zero-order chi connectivity index (χ0) is 14.7. The number of fused-ring (bicyclic) bond motifs is 1. The first-order valence-corrected chi connectivity index (χ1v) is 7.43. The van der Waals surface area contributed by atoms with Crippen molar-refractivity contribution in [1.29, 1.82) is 0 Å². The molecule has 3 rings (SSSR count). The predicted molar refractivity (Wildman–Crippen MR) is 81.9 cm³/mol. The van der Waals surface area contributed by atoms with E-state index in [0.717, 1.165) is 24.2 Å². The minimum Gasteiger partial charge on any atom is -0.489 e. The highest BCUT2D eigenvalue weighted by atomic mass is 19.1. The molecule has 110 valence electrons. The third-order valence-corrected chi connectivity index (χ3v) is 4.07. The molecule has 3 heteroatoms. The number of rotatable bonds is 4. The van der Waals surface area contributed by atoms with E-state index >= 15 is 0 Å². The van der Waals surface area contributed by atoms with Gasteiger partial charge in [0.2, 0.25) is 0 Å². The van der Waals surface area contributed by atoms with Gasteiger partial charge in [0.05, 0.1) is 0 Å². The fraction of sp³-hybridized carbons (Fsp3) is 0.333. The lowest BCUT2D eigenvalue weighted by Gasteiger charge is -2.25.